The van der Waals surface area contributed by atoms with Crippen molar-refractivity contribution in [2.45, 2.75) is 13.8 Å². The second-order valence-electron chi connectivity index (χ2n) is 2.76. The van der Waals surface area contributed by atoms with Crippen LogP contribution in [0.5, 0.6) is 0 Å². The first-order valence-corrected chi connectivity index (χ1v) is 3.54. The van der Waals surface area contributed by atoms with Crippen molar-refractivity contribution in [1.29, 1.82) is 0 Å². The monoisotopic (exact) mass is 168 g/mol. The molecule has 0 spiro atoms. The van der Waals surface area contributed by atoms with Gasteiger partial charge in [0.05, 0.1) is 0 Å². The van der Waals surface area contributed by atoms with Crippen molar-refractivity contribution in [2.24, 2.45) is 0 Å². The molecule has 0 aliphatic carbocycles. The molecule has 0 bridgehead atoms. The number of carbonyl (C=O) groups excluding carboxylic acids is 1. The van der Waals surface area contributed by atoms with Crippen LogP contribution < -0.4 is 5.32 Å². The minimum absolute atomic E-state index is 0.124. The third-order valence-corrected chi connectivity index (χ3v) is 1.66. The summed E-state index contributed by atoms with van der Waals surface area (Å²) in [6.45, 7) is 3.39. The maximum absolute atomic E-state index is 11.1. The highest BCUT2D eigenvalue weighted by atomic mass is 16.4. The lowest BCUT2D eigenvalue weighted by atomic mass is 10.1. The molecule has 4 heteroatoms. The van der Waals surface area contributed by atoms with Crippen molar-refractivity contribution in [3.63, 3.8) is 0 Å². The second-order valence-corrected chi connectivity index (χ2v) is 2.76. The summed E-state index contributed by atoms with van der Waals surface area (Å²) in [5.41, 5.74) is 1.19. The molecule has 64 valence electrons. The van der Waals surface area contributed by atoms with E-state index in [4.69, 9.17) is 5.11 Å². The molecule has 0 fully saturated rings. The molecule has 1 heterocycles. The van der Waals surface area contributed by atoms with Crippen LogP contribution in [-0.4, -0.2) is 16.9 Å². The largest absolute Gasteiger partial charge is 0.477 e. The van der Waals surface area contributed by atoms with Crippen molar-refractivity contribution in [3.8, 4) is 0 Å². The topological polar surface area (TPSA) is 71.0 Å². The molecule has 4 nitrogen and oxygen atoms in total. The fourth-order valence-corrected chi connectivity index (χ4v) is 1.20. The van der Waals surface area contributed by atoms with Crippen molar-refractivity contribution >= 4 is 11.8 Å². The van der Waals surface area contributed by atoms with Crippen LogP contribution in [-0.2, 0) is 9.59 Å². The van der Waals surface area contributed by atoms with Crippen molar-refractivity contribution < 1.29 is 20.0 Å². The lowest BCUT2D eigenvalue weighted by Crippen LogP contribution is -2.80. The van der Waals surface area contributed by atoms with E-state index < -0.39 is 11.8 Å². The van der Waals surface area contributed by atoms with E-state index in [0.29, 0.717) is 5.70 Å². The van der Waals surface area contributed by atoms with Crippen molar-refractivity contribution in [2.75, 3.05) is 0 Å². The smallest absolute Gasteiger partial charge is 0.345 e. The predicted molar refractivity (Wildman–Crippen MR) is 41.0 cm³/mol. The van der Waals surface area contributed by atoms with E-state index in [2.05, 4.69) is 0 Å². The van der Waals surface area contributed by atoms with Crippen LogP contribution in [0.3, 0.4) is 0 Å². The second kappa shape index (κ2) is 2.91. The van der Waals surface area contributed by atoms with Gasteiger partial charge in [-0.15, -0.1) is 0 Å². The Morgan fingerprint density at radius 1 is 1.50 bits per heavy atom. The predicted octanol–water partition coefficient (Wildman–Crippen LogP) is -0.605. The molecule has 3 N–H and O–H groups in total. The molecular formula is C8H10NO3+. The van der Waals surface area contributed by atoms with Gasteiger partial charge in [0.15, 0.2) is 5.57 Å². The first-order chi connectivity index (χ1) is 5.52. The summed E-state index contributed by atoms with van der Waals surface area (Å²) in [4.78, 5) is 21.7. The Hall–Kier alpha value is -1.42. The fourth-order valence-electron chi connectivity index (χ4n) is 1.20. The average Bonchev–Trinajstić information content (AvgIpc) is 1.82. The SMILES string of the molecule is CC1=CC(=O)C(C(=O)O)=C(C)[NH2+]1. The third-order valence-electron chi connectivity index (χ3n) is 1.66. The van der Waals surface area contributed by atoms with Crippen molar-refractivity contribution in [1.82, 2.24) is 0 Å². The highest BCUT2D eigenvalue weighted by molar-refractivity contribution is 6.21. The van der Waals surface area contributed by atoms with Gasteiger partial charge in [-0.2, -0.15) is 0 Å². The molecule has 1 rings (SSSR count). The van der Waals surface area contributed by atoms with Gasteiger partial charge >= 0.3 is 5.97 Å². The molecule has 0 saturated heterocycles. The molecule has 1 aliphatic rings. The van der Waals surface area contributed by atoms with Crippen LogP contribution in [0.15, 0.2) is 23.0 Å². The van der Waals surface area contributed by atoms with E-state index in [0.717, 1.165) is 5.70 Å². The zero-order chi connectivity index (χ0) is 9.30. The molecular weight excluding hydrogens is 158 g/mol. The highest BCUT2D eigenvalue weighted by Crippen LogP contribution is 2.06. The molecule has 0 aromatic carbocycles. The number of hydrogen-bond donors (Lipinski definition) is 2. The van der Waals surface area contributed by atoms with Crippen LogP contribution in [0.4, 0.5) is 0 Å². The van der Waals surface area contributed by atoms with Crippen LogP contribution in [0.2, 0.25) is 0 Å². The molecule has 0 amide bonds. The number of quaternary nitrogens is 1. The third kappa shape index (κ3) is 1.43. The summed E-state index contributed by atoms with van der Waals surface area (Å²) >= 11 is 0. The van der Waals surface area contributed by atoms with E-state index in [1.54, 1.807) is 19.2 Å². The summed E-state index contributed by atoms with van der Waals surface area (Å²) in [5, 5.41) is 10.3. The molecule has 0 saturated carbocycles. The Morgan fingerprint density at radius 3 is 2.50 bits per heavy atom. The van der Waals surface area contributed by atoms with Crippen LogP contribution in [0, 0.1) is 0 Å². The van der Waals surface area contributed by atoms with E-state index in [9.17, 15) is 9.59 Å². The van der Waals surface area contributed by atoms with Gasteiger partial charge in [0, 0.05) is 19.9 Å². The number of allylic oxidation sites excluding steroid dienone is 3. The quantitative estimate of drug-likeness (QED) is 0.513. The Bertz CT molecular complexity index is 312. The van der Waals surface area contributed by atoms with Gasteiger partial charge in [0.2, 0.25) is 5.78 Å². The Kier molecular flexibility index (Phi) is 2.10. The number of ketones is 1. The first-order valence-electron chi connectivity index (χ1n) is 3.54. The van der Waals surface area contributed by atoms with Gasteiger partial charge in [-0.1, -0.05) is 0 Å². The lowest BCUT2D eigenvalue weighted by molar-refractivity contribution is -0.555. The Labute approximate surface area is 69.6 Å². The van der Waals surface area contributed by atoms with Gasteiger partial charge in [-0.25, -0.2) is 4.79 Å². The molecule has 0 atom stereocenters. The van der Waals surface area contributed by atoms with E-state index in [1.807, 2.05) is 0 Å². The van der Waals surface area contributed by atoms with Crippen LogP contribution in [0.25, 0.3) is 0 Å². The number of carbonyl (C=O) groups is 2. The van der Waals surface area contributed by atoms with E-state index >= 15 is 0 Å². The molecule has 0 unspecified atom stereocenters. The van der Waals surface area contributed by atoms with E-state index in [-0.39, 0.29) is 5.57 Å². The summed E-state index contributed by atoms with van der Waals surface area (Å²) in [5.74, 6) is -1.57. The number of rotatable bonds is 1. The van der Waals surface area contributed by atoms with E-state index in [1.165, 1.54) is 6.08 Å². The van der Waals surface area contributed by atoms with Crippen LogP contribution >= 0.6 is 0 Å². The van der Waals surface area contributed by atoms with Gasteiger partial charge < -0.3 is 5.11 Å². The first kappa shape index (κ1) is 8.67. The number of aliphatic carboxylic acids is 1. The summed E-state index contributed by atoms with van der Waals surface area (Å²) in [7, 11) is 0. The molecule has 0 aromatic rings. The van der Waals surface area contributed by atoms with Crippen molar-refractivity contribution in [3.05, 3.63) is 23.0 Å². The highest BCUT2D eigenvalue weighted by Gasteiger charge is 2.25. The number of carboxylic acids is 1. The zero-order valence-electron chi connectivity index (χ0n) is 6.92. The molecule has 1 aliphatic heterocycles. The zero-order valence-corrected chi connectivity index (χ0v) is 6.92. The summed E-state index contributed by atoms with van der Waals surface area (Å²) in [6.07, 6.45) is 1.33. The normalized spacial score (nSPS) is 17.8. The minimum Gasteiger partial charge on any atom is -0.477 e. The fraction of sp³-hybridized carbons (Fsp3) is 0.250. The summed E-state index contributed by atoms with van der Waals surface area (Å²) in [6, 6.07) is 0. The molecule has 0 radical (unpaired) electrons. The summed E-state index contributed by atoms with van der Waals surface area (Å²) < 4.78 is 0. The maximum atomic E-state index is 11.1. The number of nitrogens with two attached hydrogens (primary N) is 1. The minimum atomic E-state index is -1.16. The van der Waals surface area contributed by atoms with Crippen LogP contribution in [0.1, 0.15) is 13.8 Å². The van der Waals surface area contributed by atoms with Gasteiger partial charge in [-0.3, -0.25) is 10.1 Å². The number of carboxylic acid groups (broad SMARTS) is 1. The van der Waals surface area contributed by atoms with Gasteiger partial charge in [0.25, 0.3) is 0 Å². The van der Waals surface area contributed by atoms with Gasteiger partial charge in [-0.05, 0) is 0 Å². The average molecular weight is 168 g/mol. The molecule has 0 aromatic heterocycles. The van der Waals surface area contributed by atoms with Gasteiger partial charge in [0.1, 0.15) is 11.4 Å². The maximum Gasteiger partial charge on any atom is 0.345 e. The lowest BCUT2D eigenvalue weighted by Gasteiger charge is -2.08. The molecule has 12 heavy (non-hydrogen) atoms. The Morgan fingerprint density at radius 2 is 2.08 bits per heavy atom. The number of hydrogen-bond acceptors (Lipinski definition) is 2. The Balaban J connectivity index is 3.08. The standard InChI is InChI=1S/C8H9NO3/c1-4-3-6(10)7(8(11)12)5(2)9-4/h3H,1-2H3,(H,9,10)(H,11,12)/p+1.